The number of rotatable bonds is 2. The summed E-state index contributed by atoms with van der Waals surface area (Å²) in [5, 5.41) is 12.3. The third-order valence-electron chi connectivity index (χ3n) is 5.64. The number of amides is 1. The first-order valence-corrected chi connectivity index (χ1v) is 9.82. The van der Waals surface area contributed by atoms with E-state index in [4.69, 9.17) is 5.73 Å². The summed E-state index contributed by atoms with van der Waals surface area (Å²) in [4.78, 5) is 23.2. The van der Waals surface area contributed by atoms with Crippen LogP contribution in [0.15, 0.2) is 30.5 Å². The number of likely N-dealkylation sites (tertiary alicyclic amines) is 1. The molecule has 1 saturated heterocycles. The Morgan fingerprint density at radius 2 is 2.06 bits per heavy atom. The summed E-state index contributed by atoms with van der Waals surface area (Å²) in [6.45, 7) is 2.35. The molecule has 158 valence electrons. The number of nitrogens with zero attached hydrogens (tertiary/aromatic N) is 7. The van der Waals surface area contributed by atoms with Gasteiger partial charge in [0.15, 0.2) is 23.0 Å². The summed E-state index contributed by atoms with van der Waals surface area (Å²) in [5.41, 5.74) is 6.38. The number of piperidine rings is 1. The van der Waals surface area contributed by atoms with Gasteiger partial charge in [-0.2, -0.15) is 9.61 Å². The fraction of sp³-hybridized carbons (Fsp3) is 0.300. The molecular weight excluding hydrogens is 406 g/mol. The van der Waals surface area contributed by atoms with Gasteiger partial charge in [0.25, 0.3) is 5.91 Å². The monoisotopic (exact) mass is 424 g/mol. The van der Waals surface area contributed by atoms with Crippen LogP contribution in [0.4, 0.5) is 14.7 Å². The predicted molar refractivity (Wildman–Crippen MR) is 107 cm³/mol. The number of fused-ring (bicyclic) bond motifs is 3. The van der Waals surface area contributed by atoms with Gasteiger partial charge in [0, 0.05) is 30.8 Å². The van der Waals surface area contributed by atoms with Crippen LogP contribution >= 0.6 is 0 Å². The lowest BCUT2D eigenvalue weighted by Crippen LogP contribution is -2.45. The number of carbonyl (C=O) groups is 1. The zero-order valence-electron chi connectivity index (χ0n) is 16.5. The number of aromatic nitrogens is 6. The molecule has 0 radical (unpaired) electrons. The zero-order valence-corrected chi connectivity index (χ0v) is 16.5. The van der Waals surface area contributed by atoms with Gasteiger partial charge in [0.05, 0.1) is 5.39 Å². The number of nitrogen functional groups attached to an aromatic ring is 1. The minimum absolute atomic E-state index is 0.0125. The first kappa shape index (κ1) is 19.2. The molecule has 9 nitrogen and oxygen atoms in total. The molecule has 1 fully saturated rings. The van der Waals surface area contributed by atoms with Crippen molar-refractivity contribution in [2.24, 2.45) is 0 Å². The minimum atomic E-state index is -0.819. The highest BCUT2D eigenvalue weighted by Crippen LogP contribution is 2.31. The van der Waals surface area contributed by atoms with Gasteiger partial charge >= 0.3 is 0 Å². The van der Waals surface area contributed by atoms with Crippen LogP contribution in [0.2, 0.25) is 0 Å². The lowest BCUT2D eigenvalue weighted by Gasteiger charge is -2.36. The maximum atomic E-state index is 14.2. The summed E-state index contributed by atoms with van der Waals surface area (Å²) in [5.74, 6) is -1.57. The van der Waals surface area contributed by atoms with E-state index in [0.717, 1.165) is 25.0 Å². The highest BCUT2D eigenvalue weighted by atomic mass is 19.1. The van der Waals surface area contributed by atoms with E-state index < -0.39 is 11.6 Å². The van der Waals surface area contributed by atoms with Crippen molar-refractivity contribution < 1.29 is 13.6 Å². The molecule has 31 heavy (non-hydrogen) atoms. The Bertz CT molecular complexity index is 1310. The highest BCUT2D eigenvalue weighted by Gasteiger charge is 2.33. The van der Waals surface area contributed by atoms with Gasteiger partial charge in [0.2, 0.25) is 5.95 Å². The molecule has 2 atom stereocenters. The van der Waals surface area contributed by atoms with E-state index in [1.165, 1.54) is 10.7 Å². The highest BCUT2D eigenvalue weighted by molar-refractivity contribution is 5.93. The van der Waals surface area contributed by atoms with Crippen molar-refractivity contribution in [1.82, 2.24) is 34.7 Å². The van der Waals surface area contributed by atoms with E-state index in [1.807, 2.05) is 6.92 Å². The Labute approximate surface area is 174 Å². The van der Waals surface area contributed by atoms with Gasteiger partial charge in [-0.05, 0) is 38.0 Å². The van der Waals surface area contributed by atoms with Crippen LogP contribution in [0.1, 0.15) is 42.0 Å². The third-order valence-corrected chi connectivity index (χ3v) is 5.64. The Hall–Kier alpha value is -3.76. The van der Waals surface area contributed by atoms with Crippen molar-refractivity contribution in [2.45, 2.75) is 31.7 Å². The van der Waals surface area contributed by atoms with E-state index in [-0.39, 0.29) is 46.1 Å². The Balaban J connectivity index is 1.54. The summed E-state index contributed by atoms with van der Waals surface area (Å²) in [6.07, 6.45) is 2.99. The minimum Gasteiger partial charge on any atom is -0.368 e. The van der Waals surface area contributed by atoms with Gasteiger partial charge in [-0.1, -0.05) is 0 Å². The smallest absolute Gasteiger partial charge is 0.274 e. The molecule has 4 heterocycles. The van der Waals surface area contributed by atoms with Crippen molar-refractivity contribution >= 4 is 28.4 Å². The van der Waals surface area contributed by atoms with E-state index in [0.29, 0.717) is 12.4 Å². The summed E-state index contributed by atoms with van der Waals surface area (Å²) in [7, 11) is 0. The second-order valence-corrected chi connectivity index (χ2v) is 7.65. The lowest BCUT2D eigenvalue weighted by atomic mass is 9.92. The Morgan fingerprint density at radius 3 is 2.84 bits per heavy atom. The molecule has 0 spiro atoms. The molecule has 1 amide bonds. The van der Waals surface area contributed by atoms with E-state index in [2.05, 4.69) is 25.3 Å². The lowest BCUT2D eigenvalue weighted by molar-refractivity contribution is 0.0599. The molecule has 11 heteroatoms. The molecule has 1 aromatic carbocycles. The molecule has 5 rings (SSSR count). The first-order valence-electron chi connectivity index (χ1n) is 9.82. The normalized spacial score (nSPS) is 19.3. The number of carbonyl (C=O) groups excluding carboxylic acids is 1. The first-order chi connectivity index (χ1) is 14.9. The van der Waals surface area contributed by atoms with Gasteiger partial charge in [0.1, 0.15) is 11.3 Å². The number of halogens is 2. The quantitative estimate of drug-likeness (QED) is 0.525. The second-order valence-electron chi connectivity index (χ2n) is 7.65. The van der Waals surface area contributed by atoms with Gasteiger partial charge in [-0.15, -0.1) is 10.2 Å². The number of anilines is 1. The number of hydrogen-bond acceptors (Lipinski definition) is 7. The number of hydrogen-bond donors (Lipinski definition) is 1. The molecule has 0 bridgehead atoms. The van der Waals surface area contributed by atoms with Crippen LogP contribution in [0.25, 0.3) is 16.6 Å². The van der Waals surface area contributed by atoms with Crippen molar-refractivity contribution in [3.8, 4) is 0 Å². The van der Waals surface area contributed by atoms with Crippen LogP contribution < -0.4 is 5.73 Å². The molecule has 0 saturated carbocycles. The number of nitrogens with two attached hydrogens (primary N) is 1. The molecule has 0 aliphatic carbocycles. The van der Waals surface area contributed by atoms with Crippen molar-refractivity contribution in [1.29, 1.82) is 0 Å². The summed E-state index contributed by atoms with van der Waals surface area (Å²) in [6, 6.07) is 5.21. The Kier molecular flexibility index (Phi) is 4.45. The average molecular weight is 424 g/mol. The van der Waals surface area contributed by atoms with Crippen LogP contribution in [0.5, 0.6) is 0 Å². The van der Waals surface area contributed by atoms with Gasteiger partial charge in [-0.3, -0.25) is 4.79 Å². The zero-order chi connectivity index (χ0) is 21.7. The molecular formula is C20H18F2N8O. The van der Waals surface area contributed by atoms with Crippen LogP contribution in [-0.4, -0.2) is 53.2 Å². The standard InChI is InChI=1S/C20H18F2N8O/c1-10-4-5-11(9-29(10)19(31)15-3-2-6-24-27-15)17-26-18-13-7-12(21)8-14(22)16(13)25-20(23)30(18)28-17/h2-3,6-8,10-11H,4-5,9H2,1H3,(H2,23,25)/t10-,11+/m0/s1. The van der Waals surface area contributed by atoms with Crippen molar-refractivity contribution in [3.05, 3.63) is 53.6 Å². The summed E-state index contributed by atoms with van der Waals surface area (Å²) >= 11 is 0. The molecule has 2 N–H and O–H groups in total. The van der Waals surface area contributed by atoms with Gasteiger partial charge in [-0.25, -0.2) is 18.7 Å². The van der Waals surface area contributed by atoms with E-state index in [1.54, 1.807) is 17.0 Å². The molecule has 4 aromatic rings. The fourth-order valence-electron chi connectivity index (χ4n) is 4.01. The predicted octanol–water partition coefficient (Wildman–Crippen LogP) is 2.34. The topological polar surface area (TPSA) is 115 Å². The summed E-state index contributed by atoms with van der Waals surface area (Å²) < 4.78 is 29.3. The van der Waals surface area contributed by atoms with E-state index >= 15 is 0 Å². The van der Waals surface area contributed by atoms with Crippen LogP contribution in [0.3, 0.4) is 0 Å². The molecule has 1 aliphatic rings. The maximum Gasteiger partial charge on any atom is 0.274 e. The second kappa shape index (κ2) is 7.18. The largest absolute Gasteiger partial charge is 0.368 e. The van der Waals surface area contributed by atoms with Crippen LogP contribution in [-0.2, 0) is 0 Å². The third kappa shape index (κ3) is 3.22. The number of benzene rings is 1. The molecule has 3 aromatic heterocycles. The van der Waals surface area contributed by atoms with Crippen molar-refractivity contribution in [2.75, 3.05) is 12.3 Å². The molecule has 1 aliphatic heterocycles. The maximum absolute atomic E-state index is 14.2. The Morgan fingerprint density at radius 1 is 1.23 bits per heavy atom. The fourth-order valence-corrected chi connectivity index (χ4v) is 4.01. The molecule has 0 unspecified atom stereocenters. The van der Waals surface area contributed by atoms with Crippen molar-refractivity contribution in [3.63, 3.8) is 0 Å². The van der Waals surface area contributed by atoms with E-state index in [9.17, 15) is 13.6 Å². The average Bonchev–Trinajstić information content (AvgIpc) is 3.22. The van der Waals surface area contributed by atoms with Gasteiger partial charge < -0.3 is 10.6 Å². The van der Waals surface area contributed by atoms with Crippen LogP contribution in [0, 0.1) is 11.6 Å². The SMILES string of the molecule is C[C@H]1CC[C@@H](c2nc3c4cc(F)cc(F)c4nc(N)n3n2)CN1C(=O)c1cccnn1.